The lowest BCUT2D eigenvalue weighted by molar-refractivity contribution is 0.188. The van der Waals surface area contributed by atoms with Gasteiger partial charge in [-0.15, -0.1) is 0 Å². The standard InChI is InChI=1S/C11H16N2O3/c14-11(13-9-4-7-15-8-9)12-5-3-10-2-1-6-16-10/h1-2,6,9H,3-5,7-8H2,(H2,12,13,14). The molecule has 1 aliphatic rings. The van der Waals surface area contributed by atoms with Gasteiger partial charge in [-0.2, -0.15) is 0 Å². The summed E-state index contributed by atoms with van der Waals surface area (Å²) < 4.78 is 10.3. The number of hydrogen-bond acceptors (Lipinski definition) is 3. The molecule has 0 spiro atoms. The van der Waals surface area contributed by atoms with E-state index in [9.17, 15) is 4.79 Å². The number of rotatable bonds is 4. The fourth-order valence-corrected chi connectivity index (χ4v) is 1.64. The number of amides is 2. The third-order valence-electron chi connectivity index (χ3n) is 2.50. The van der Waals surface area contributed by atoms with Gasteiger partial charge in [-0.3, -0.25) is 0 Å². The molecule has 0 bridgehead atoms. The summed E-state index contributed by atoms with van der Waals surface area (Å²) in [6.45, 7) is 1.93. The van der Waals surface area contributed by atoms with Gasteiger partial charge in [-0.05, 0) is 18.6 Å². The summed E-state index contributed by atoms with van der Waals surface area (Å²) >= 11 is 0. The normalized spacial score (nSPS) is 19.6. The molecule has 0 saturated carbocycles. The summed E-state index contributed by atoms with van der Waals surface area (Å²) in [5.41, 5.74) is 0. The Morgan fingerprint density at radius 3 is 3.19 bits per heavy atom. The number of ether oxygens (including phenoxy) is 1. The maximum atomic E-state index is 11.4. The van der Waals surface area contributed by atoms with Crippen LogP contribution in [0, 0.1) is 0 Å². The molecule has 1 atom stereocenters. The van der Waals surface area contributed by atoms with E-state index in [0.29, 0.717) is 19.6 Å². The van der Waals surface area contributed by atoms with Crippen LogP contribution in [0.15, 0.2) is 22.8 Å². The van der Waals surface area contributed by atoms with Crippen LogP contribution in [0.4, 0.5) is 4.79 Å². The summed E-state index contributed by atoms with van der Waals surface area (Å²) in [7, 11) is 0. The summed E-state index contributed by atoms with van der Waals surface area (Å²) in [5, 5.41) is 5.64. The first-order valence-corrected chi connectivity index (χ1v) is 5.49. The monoisotopic (exact) mass is 224 g/mol. The van der Waals surface area contributed by atoms with Crippen molar-refractivity contribution in [2.75, 3.05) is 19.8 Å². The zero-order chi connectivity index (χ0) is 11.2. The van der Waals surface area contributed by atoms with Crippen LogP contribution in [0.5, 0.6) is 0 Å². The quantitative estimate of drug-likeness (QED) is 0.799. The number of carbonyl (C=O) groups is 1. The molecule has 1 aliphatic heterocycles. The number of furan rings is 1. The van der Waals surface area contributed by atoms with Crippen molar-refractivity contribution in [3.05, 3.63) is 24.2 Å². The molecule has 2 rings (SSSR count). The van der Waals surface area contributed by atoms with E-state index in [1.54, 1.807) is 6.26 Å². The molecular formula is C11H16N2O3. The molecule has 1 saturated heterocycles. The molecule has 5 nitrogen and oxygen atoms in total. The van der Waals surface area contributed by atoms with Gasteiger partial charge in [0.15, 0.2) is 0 Å². The first-order chi connectivity index (χ1) is 7.84. The Morgan fingerprint density at radius 2 is 2.50 bits per heavy atom. The fourth-order valence-electron chi connectivity index (χ4n) is 1.64. The molecule has 0 aromatic carbocycles. The van der Waals surface area contributed by atoms with E-state index >= 15 is 0 Å². The van der Waals surface area contributed by atoms with Gasteiger partial charge in [0, 0.05) is 19.6 Å². The average molecular weight is 224 g/mol. The lowest BCUT2D eigenvalue weighted by atomic mass is 10.3. The highest BCUT2D eigenvalue weighted by molar-refractivity contribution is 5.74. The van der Waals surface area contributed by atoms with E-state index in [-0.39, 0.29) is 12.1 Å². The van der Waals surface area contributed by atoms with Gasteiger partial charge in [0.1, 0.15) is 5.76 Å². The second-order valence-electron chi connectivity index (χ2n) is 3.79. The van der Waals surface area contributed by atoms with Crippen LogP contribution >= 0.6 is 0 Å². The molecule has 1 unspecified atom stereocenters. The van der Waals surface area contributed by atoms with E-state index in [0.717, 1.165) is 18.8 Å². The Morgan fingerprint density at radius 1 is 1.56 bits per heavy atom. The summed E-state index contributed by atoms with van der Waals surface area (Å²) in [5.74, 6) is 0.879. The van der Waals surface area contributed by atoms with Crippen LogP contribution in [-0.2, 0) is 11.2 Å². The maximum Gasteiger partial charge on any atom is 0.315 e. The molecule has 16 heavy (non-hydrogen) atoms. The van der Waals surface area contributed by atoms with Gasteiger partial charge in [0.25, 0.3) is 0 Å². The second-order valence-corrected chi connectivity index (χ2v) is 3.79. The second kappa shape index (κ2) is 5.55. The van der Waals surface area contributed by atoms with Gasteiger partial charge < -0.3 is 19.8 Å². The third-order valence-corrected chi connectivity index (χ3v) is 2.50. The van der Waals surface area contributed by atoms with Crippen molar-refractivity contribution < 1.29 is 13.9 Å². The largest absolute Gasteiger partial charge is 0.469 e. The van der Waals surface area contributed by atoms with Crippen LogP contribution < -0.4 is 10.6 Å². The average Bonchev–Trinajstić information content (AvgIpc) is 2.90. The van der Waals surface area contributed by atoms with Crippen molar-refractivity contribution >= 4 is 6.03 Å². The minimum atomic E-state index is -0.137. The smallest absolute Gasteiger partial charge is 0.315 e. The van der Waals surface area contributed by atoms with Crippen molar-refractivity contribution in [3.63, 3.8) is 0 Å². The lowest BCUT2D eigenvalue weighted by Gasteiger charge is -2.11. The van der Waals surface area contributed by atoms with Crippen molar-refractivity contribution in [2.45, 2.75) is 18.9 Å². The minimum absolute atomic E-state index is 0.137. The topological polar surface area (TPSA) is 63.5 Å². The van der Waals surface area contributed by atoms with Gasteiger partial charge >= 0.3 is 6.03 Å². The van der Waals surface area contributed by atoms with Gasteiger partial charge in [-0.25, -0.2) is 4.79 Å². The highest BCUT2D eigenvalue weighted by Crippen LogP contribution is 2.02. The minimum Gasteiger partial charge on any atom is -0.469 e. The van der Waals surface area contributed by atoms with Crippen LogP contribution in [-0.4, -0.2) is 31.8 Å². The summed E-state index contributed by atoms with van der Waals surface area (Å²) in [4.78, 5) is 11.4. The number of hydrogen-bond donors (Lipinski definition) is 2. The molecule has 0 aliphatic carbocycles. The van der Waals surface area contributed by atoms with Crippen LogP contribution in [0.2, 0.25) is 0 Å². The molecule has 0 radical (unpaired) electrons. The molecule has 1 aromatic heterocycles. The van der Waals surface area contributed by atoms with Gasteiger partial charge in [0.2, 0.25) is 0 Å². The number of urea groups is 1. The first-order valence-electron chi connectivity index (χ1n) is 5.49. The highest BCUT2D eigenvalue weighted by atomic mass is 16.5. The first kappa shape index (κ1) is 11.0. The molecule has 1 fully saturated rings. The van der Waals surface area contributed by atoms with Crippen molar-refractivity contribution in [1.82, 2.24) is 10.6 Å². The fraction of sp³-hybridized carbons (Fsp3) is 0.545. The van der Waals surface area contributed by atoms with Gasteiger partial charge in [0.05, 0.1) is 18.9 Å². The number of carbonyl (C=O) groups excluding carboxylic acids is 1. The Balaban J connectivity index is 1.60. The van der Waals surface area contributed by atoms with E-state index in [1.165, 1.54) is 0 Å². The van der Waals surface area contributed by atoms with Crippen molar-refractivity contribution in [3.8, 4) is 0 Å². The van der Waals surface area contributed by atoms with Crippen molar-refractivity contribution in [1.29, 1.82) is 0 Å². The predicted octanol–water partition coefficient (Wildman–Crippen LogP) is 0.910. The van der Waals surface area contributed by atoms with Crippen LogP contribution in [0.25, 0.3) is 0 Å². The Bertz CT molecular complexity index is 318. The van der Waals surface area contributed by atoms with E-state index in [4.69, 9.17) is 9.15 Å². The van der Waals surface area contributed by atoms with Crippen molar-refractivity contribution in [2.24, 2.45) is 0 Å². The Kier molecular flexibility index (Phi) is 3.82. The van der Waals surface area contributed by atoms with E-state index < -0.39 is 0 Å². The predicted molar refractivity (Wildman–Crippen MR) is 58.2 cm³/mol. The number of nitrogens with one attached hydrogen (secondary N) is 2. The zero-order valence-electron chi connectivity index (χ0n) is 9.07. The van der Waals surface area contributed by atoms with Crippen LogP contribution in [0.1, 0.15) is 12.2 Å². The summed E-state index contributed by atoms with van der Waals surface area (Å²) in [6, 6.07) is 3.75. The zero-order valence-corrected chi connectivity index (χ0v) is 9.07. The van der Waals surface area contributed by atoms with Gasteiger partial charge in [-0.1, -0.05) is 0 Å². The van der Waals surface area contributed by atoms with E-state index in [2.05, 4.69) is 10.6 Å². The molecular weight excluding hydrogens is 208 g/mol. The summed E-state index contributed by atoms with van der Waals surface area (Å²) in [6.07, 6.45) is 3.23. The molecule has 88 valence electrons. The van der Waals surface area contributed by atoms with E-state index in [1.807, 2.05) is 12.1 Å². The molecule has 2 N–H and O–H groups in total. The molecule has 1 aromatic rings. The van der Waals surface area contributed by atoms with Crippen LogP contribution in [0.3, 0.4) is 0 Å². The molecule has 2 amide bonds. The SMILES string of the molecule is O=C(NCCc1ccco1)NC1CCOC1. The third kappa shape index (κ3) is 3.27. The Labute approximate surface area is 94.1 Å². The molecule has 5 heteroatoms. The molecule has 2 heterocycles. The Hall–Kier alpha value is -1.49. The maximum absolute atomic E-state index is 11.4. The lowest BCUT2D eigenvalue weighted by Crippen LogP contribution is -2.42. The highest BCUT2D eigenvalue weighted by Gasteiger charge is 2.17.